The maximum Gasteiger partial charge on any atom is 0.137 e. The molecule has 1 N–H and O–H groups in total. The molecule has 11 heavy (non-hydrogen) atoms. The van der Waals surface area contributed by atoms with Crippen LogP contribution in [0.1, 0.15) is 11.4 Å². The standard InChI is InChI=1S/C7H7Br2NO/c8-3-5-1-2-7(11)6(4-9)10-5/h1-2,11H,3-4H2. The van der Waals surface area contributed by atoms with E-state index in [2.05, 4.69) is 36.8 Å². The van der Waals surface area contributed by atoms with Crippen LogP contribution in [0.15, 0.2) is 12.1 Å². The van der Waals surface area contributed by atoms with Crippen LogP contribution in [0, 0.1) is 0 Å². The number of pyridine rings is 1. The first kappa shape index (κ1) is 9.00. The first-order valence-corrected chi connectivity index (χ1v) is 5.32. The van der Waals surface area contributed by atoms with Gasteiger partial charge in [-0.3, -0.25) is 4.98 Å². The van der Waals surface area contributed by atoms with Gasteiger partial charge in [0, 0.05) is 10.7 Å². The van der Waals surface area contributed by atoms with Crippen LogP contribution in [-0.4, -0.2) is 10.1 Å². The fourth-order valence-corrected chi connectivity index (χ4v) is 1.44. The third kappa shape index (κ3) is 2.17. The summed E-state index contributed by atoms with van der Waals surface area (Å²) < 4.78 is 0. The van der Waals surface area contributed by atoms with Crippen LogP contribution in [0.2, 0.25) is 0 Å². The number of aromatic nitrogens is 1. The van der Waals surface area contributed by atoms with Gasteiger partial charge in [-0.1, -0.05) is 31.9 Å². The molecule has 1 rings (SSSR count). The number of nitrogens with zero attached hydrogens (tertiary/aromatic N) is 1. The molecule has 60 valence electrons. The van der Waals surface area contributed by atoms with Crippen molar-refractivity contribution in [1.82, 2.24) is 4.98 Å². The van der Waals surface area contributed by atoms with E-state index in [-0.39, 0.29) is 5.75 Å². The first-order chi connectivity index (χ1) is 5.27. The quantitative estimate of drug-likeness (QED) is 0.845. The third-order valence-electron chi connectivity index (χ3n) is 1.27. The van der Waals surface area contributed by atoms with E-state index in [9.17, 15) is 5.11 Å². The molecule has 0 bridgehead atoms. The van der Waals surface area contributed by atoms with Crippen molar-refractivity contribution < 1.29 is 5.11 Å². The van der Waals surface area contributed by atoms with Gasteiger partial charge in [0.25, 0.3) is 0 Å². The Balaban J connectivity index is 3.02. The van der Waals surface area contributed by atoms with Crippen LogP contribution in [0.3, 0.4) is 0 Å². The molecule has 0 aliphatic rings. The molecule has 0 aliphatic carbocycles. The Bertz CT molecular complexity index is 252. The van der Waals surface area contributed by atoms with E-state index >= 15 is 0 Å². The number of alkyl halides is 2. The van der Waals surface area contributed by atoms with Crippen LogP contribution < -0.4 is 0 Å². The van der Waals surface area contributed by atoms with E-state index in [1.54, 1.807) is 12.1 Å². The van der Waals surface area contributed by atoms with Crippen molar-refractivity contribution in [3.8, 4) is 5.75 Å². The van der Waals surface area contributed by atoms with E-state index in [1.165, 1.54) is 0 Å². The van der Waals surface area contributed by atoms with Crippen molar-refractivity contribution in [2.75, 3.05) is 0 Å². The molecule has 0 radical (unpaired) electrons. The highest BCUT2D eigenvalue weighted by Crippen LogP contribution is 2.18. The normalized spacial score (nSPS) is 10.0. The minimum Gasteiger partial charge on any atom is -0.506 e. The second-order valence-electron chi connectivity index (χ2n) is 2.04. The molecular weight excluding hydrogens is 274 g/mol. The molecule has 2 nitrogen and oxygen atoms in total. The minimum absolute atomic E-state index is 0.242. The van der Waals surface area contributed by atoms with Crippen molar-refractivity contribution in [1.29, 1.82) is 0 Å². The lowest BCUT2D eigenvalue weighted by Gasteiger charge is -2.00. The molecule has 0 atom stereocenters. The summed E-state index contributed by atoms with van der Waals surface area (Å²) in [5.41, 5.74) is 1.61. The highest BCUT2D eigenvalue weighted by Gasteiger charge is 2.01. The van der Waals surface area contributed by atoms with E-state index in [0.29, 0.717) is 16.4 Å². The Labute approximate surface area is 81.9 Å². The lowest BCUT2D eigenvalue weighted by molar-refractivity contribution is 0.467. The van der Waals surface area contributed by atoms with Crippen LogP contribution in [0.25, 0.3) is 0 Å². The van der Waals surface area contributed by atoms with Crippen molar-refractivity contribution in [3.05, 3.63) is 23.5 Å². The zero-order valence-electron chi connectivity index (χ0n) is 5.72. The first-order valence-electron chi connectivity index (χ1n) is 3.07. The molecule has 0 amide bonds. The van der Waals surface area contributed by atoms with Crippen LogP contribution in [-0.2, 0) is 10.7 Å². The molecule has 0 unspecified atom stereocenters. The molecular formula is C7H7Br2NO. The SMILES string of the molecule is Oc1ccc(CBr)nc1CBr. The Hall–Kier alpha value is -0.0900. The lowest BCUT2D eigenvalue weighted by atomic mass is 10.3. The van der Waals surface area contributed by atoms with Crippen molar-refractivity contribution in [2.24, 2.45) is 0 Å². The van der Waals surface area contributed by atoms with E-state index < -0.39 is 0 Å². The van der Waals surface area contributed by atoms with Gasteiger partial charge in [-0.05, 0) is 12.1 Å². The predicted octanol–water partition coefficient (Wildman–Crippen LogP) is 2.58. The maximum atomic E-state index is 9.22. The van der Waals surface area contributed by atoms with Gasteiger partial charge >= 0.3 is 0 Å². The molecule has 0 saturated carbocycles. The summed E-state index contributed by atoms with van der Waals surface area (Å²) in [6.45, 7) is 0. The van der Waals surface area contributed by atoms with E-state index in [0.717, 1.165) is 5.69 Å². The maximum absolute atomic E-state index is 9.22. The van der Waals surface area contributed by atoms with Crippen LogP contribution in [0.4, 0.5) is 0 Å². The number of hydrogen-bond acceptors (Lipinski definition) is 2. The van der Waals surface area contributed by atoms with Gasteiger partial charge in [-0.2, -0.15) is 0 Å². The molecule has 4 heteroatoms. The number of hydrogen-bond donors (Lipinski definition) is 1. The number of aromatic hydroxyl groups is 1. The second kappa shape index (κ2) is 4.07. The summed E-state index contributed by atoms with van der Waals surface area (Å²) >= 11 is 6.52. The summed E-state index contributed by atoms with van der Waals surface area (Å²) in [5.74, 6) is 0.242. The summed E-state index contributed by atoms with van der Waals surface area (Å²) in [7, 11) is 0. The molecule has 0 aromatic carbocycles. The monoisotopic (exact) mass is 279 g/mol. The summed E-state index contributed by atoms with van der Waals surface area (Å²) in [4.78, 5) is 4.17. The third-order valence-corrected chi connectivity index (χ3v) is 2.38. The molecule has 0 aliphatic heterocycles. The van der Waals surface area contributed by atoms with Gasteiger partial charge in [0.1, 0.15) is 5.75 Å². The topological polar surface area (TPSA) is 33.1 Å². The minimum atomic E-state index is 0.242. The summed E-state index contributed by atoms with van der Waals surface area (Å²) in [6, 6.07) is 3.44. The summed E-state index contributed by atoms with van der Waals surface area (Å²) in [6.07, 6.45) is 0. The smallest absolute Gasteiger partial charge is 0.137 e. The zero-order valence-corrected chi connectivity index (χ0v) is 8.89. The fraction of sp³-hybridized carbons (Fsp3) is 0.286. The van der Waals surface area contributed by atoms with Gasteiger partial charge in [0.2, 0.25) is 0 Å². The van der Waals surface area contributed by atoms with Gasteiger partial charge in [-0.15, -0.1) is 0 Å². The number of halogens is 2. The molecule has 0 saturated heterocycles. The highest BCUT2D eigenvalue weighted by molar-refractivity contribution is 9.08. The van der Waals surface area contributed by atoms with Gasteiger partial charge in [-0.25, -0.2) is 0 Å². The van der Waals surface area contributed by atoms with E-state index in [4.69, 9.17) is 0 Å². The molecule has 1 aromatic rings. The Morgan fingerprint density at radius 1 is 1.27 bits per heavy atom. The Kier molecular flexibility index (Phi) is 3.33. The fourth-order valence-electron chi connectivity index (χ4n) is 0.712. The molecule has 1 aromatic heterocycles. The highest BCUT2D eigenvalue weighted by atomic mass is 79.9. The average molecular weight is 281 g/mol. The van der Waals surface area contributed by atoms with Crippen molar-refractivity contribution in [2.45, 2.75) is 10.7 Å². The van der Waals surface area contributed by atoms with Crippen LogP contribution >= 0.6 is 31.9 Å². The van der Waals surface area contributed by atoms with Gasteiger partial charge < -0.3 is 5.11 Å². The van der Waals surface area contributed by atoms with Gasteiger partial charge in [0.15, 0.2) is 0 Å². The molecule has 0 fully saturated rings. The van der Waals surface area contributed by atoms with Crippen LogP contribution in [0.5, 0.6) is 5.75 Å². The van der Waals surface area contributed by atoms with Crippen molar-refractivity contribution >= 4 is 31.9 Å². The molecule has 0 spiro atoms. The van der Waals surface area contributed by atoms with Crippen molar-refractivity contribution in [3.63, 3.8) is 0 Å². The average Bonchev–Trinajstić information content (AvgIpc) is 2.05. The zero-order chi connectivity index (χ0) is 8.27. The predicted molar refractivity (Wildman–Crippen MR) is 51.2 cm³/mol. The number of rotatable bonds is 2. The largest absolute Gasteiger partial charge is 0.506 e. The Morgan fingerprint density at radius 2 is 2.00 bits per heavy atom. The van der Waals surface area contributed by atoms with E-state index in [1.807, 2.05) is 0 Å². The Morgan fingerprint density at radius 3 is 2.55 bits per heavy atom. The second-order valence-corrected chi connectivity index (χ2v) is 3.16. The summed E-state index contributed by atoms with van der Waals surface area (Å²) in [5, 5.41) is 10.5. The molecule has 1 heterocycles. The lowest BCUT2D eigenvalue weighted by Crippen LogP contribution is -1.90. The van der Waals surface area contributed by atoms with Gasteiger partial charge in [0.05, 0.1) is 11.4 Å².